The smallest absolute Gasteiger partial charge is 0.227 e. The lowest BCUT2D eigenvalue weighted by molar-refractivity contribution is 0.621. The molecule has 7 aromatic rings. The highest BCUT2D eigenvalue weighted by Gasteiger charge is 2.17. The lowest BCUT2D eigenvalue weighted by atomic mass is 10.0. The molecule has 3 heteroatoms. The number of hydrogen-bond donors (Lipinski definition) is 0. The van der Waals surface area contributed by atoms with Crippen LogP contribution in [0, 0.1) is 0 Å². The standard InChI is InChI=1S/C37H26N2O/c1-4-13-27(14-5-1)29-17-10-21-32(25-29)39(31-19-8-3-9-20-31)33-22-11-18-30(26-33)34-23-12-24-35-36(34)40-37(38-35)28-15-6-2-7-16-28/h1-26H. The monoisotopic (exact) mass is 514 g/mol. The van der Waals surface area contributed by atoms with Crippen LogP contribution in [0.5, 0.6) is 0 Å². The first-order chi connectivity index (χ1) is 19.8. The van der Waals surface area contributed by atoms with Gasteiger partial charge in [-0.2, -0.15) is 0 Å². The summed E-state index contributed by atoms with van der Waals surface area (Å²) >= 11 is 0. The summed E-state index contributed by atoms with van der Waals surface area (Å²) in [4.78, 5) is 7.08. The van der Waals surface area contributed by atoms with Crippen LogP contribution >= 0.6 is 0 Å². The van der Waals surface area contributed by atoms with Gasteiger partial charge < -0.3 is 9.32 Å². The molecule has 0 aliphatic rings. The average molecular weight is 515 g/mol. The Labute approximate surface area is 233 Å². The third-order valence-corrected chi connectivity index (χ3v) is 7.08. The zero-order chi connectivity index (χ0) is 26.7. The van der Waals surface area contributed by atoms with Crippen LogP contribution in [0.15, 0.2) is 162 Å². The van der Waals surface area contributed by atoms with Gasteiger partial charge in [0.05, 0.1) is 0 Å². The number of benzene rings is 6. The van der Waals surface area contributed by atoms with Crippen LogP contribution in [0.1, 0.15) is 0 Å². The largest absolute Gasteiger partial charge is 0.435 e. The lowest BCUT2D eigenvalue weighted by Crippen LogP contribution is -2.10. The molecular weight excluding hydrogens is 488 g/mol. The van der Waals surface area contributed by atoms with E-state index in [0.29, 0.717) is 5.89 Å². The third kappa shape index (κ3) is 4.55. The normalized spacial score (nSPS) is 11.0. The summed E-state index contributed by atoms with van der Waals surface area (Å²) in [7, 11) is 0. The number of fused-ring (bicyclic) bond motifs is 1. The number of anilines is 3. The van der Waals surface area contributed by atoms with E-state index in [1.165, 1.54) is 11.1 Å². The molecule has 0 amide bonds. The SMILES string of the molecule is c1ccc(-c2cccc(N(c3ccccc3)c3cccc(-c4cccc5nc(-c6ccccc6)oc45)c3)c2)cc1. The zero-order valence-electron chi connectivity index (χ0n) is 21.8. The van der Waals surface area contributed by atoms with E-state index in [4.69, 9.17) is 9.40 Å². The second-order valence-electron chi connectivity index (χ2n) is 9.68. The molecule has 40 heavy (non-hydrogen) atoms. The molecule has 0 spiro atoms. The molecule has 0 unspecified atom stereocenters. The van der Waals surface area contributed by atoms with E-state index in [2.05, 4.69) is 108 Å². The molecule has 1 heterocycles. The summed E-state index contributed by atoms with van der Waals surface area (Å²) in [6.07, 6.45) is 0. The molecule has 0 saturated carbocycles. The molecule has 0 aliphatic heterocycles. The average Bonchev–Trinajstić information content (AvgIpc) is 3.48. The topological polar surface area (TPSA) is 29.3 Å². The van der Waals surface area contributed by atoms with Crippen LogP contribution in [-0.2, 0) is 0 Å². The van der Waals surface area contributed by atoms with E-state index in [-0.39, 0.29) is 0 Å². The Morgan fingerprint density at radius 2 is 0.950 bits per heavy atom. The molecule has 0 atom stereocenters. The molecular formula is C37H26N2O. The summed E-state index contributed by atoms with van der Waals surface area (Å²) in [6.45, 7) is 0. The number of aromatic nitrogens is 1. The van der Waals surface area contributed by atoms with Crippen molar-refractivity contribution in [1.82, 2.24) is 4.98 Å². The minimum Gasteiger partial charge on any atom is -0.435 e. The minimum atomic E-state index is 0.628. The summed E-state index contributed by atoms with van der Waals surface area (Å²) in [6, 6.07) is 54.5. The van der Waals surface area contributed by atoms with Gasteiger partial charge in [0.15, 0.2) is 5.58 Å². The second kappa shape index (κ2) is 10.4. The van der Waals surface area contributed by atoms with Crippen molar-refractivity contribution >= 4 is 28.2 Å². The van der Waals surface area contributed by atoms with Gasteiger partial charge in [-0.05, 0) is 71.3 Å². The zero-order valence-corrected chi connectivity index (χ0v) is 21.8. The summed E-state index contributed by atoms with van der Waals surface area (Å²) < 4.78 is 6.35. The molecule has 3 nitrogen and oxygen atoms in total. The first kappa shape index (κ1) is 23.7. The Bertz CT molecular complexity index is 1890. The number of rotatable bonds is 6. The number of nitrogens with zero attached hydrogens (tertiary/aromatic N) is 2. The Hall–Kier alpha value is -5.41. The van der Waals surface area contributed by atoms with Crippen molar-refractivity contribution in [3.05, 3.63) is 158 Å². The van der Waals surface area contributed by atoms with Gasteiger partial charge in [0.1, 0.15) is 5.52 Å². The predicted molar refractivity (Wildman–Crippen MR) is 165 cm³/mol. The van der Waals surface area contributed by atoms with Crippen molar-refractivity contribution < 1.29 is 4.42 Å². The van der Waals surface area contributed by atoms with Crippen LogP contribution in [0.25, 0.3) is 44.8 Å². The van der Waals surface area contributed by atoms with Gasteiger partial charge in [0.2, 0.25) is 5.89 Å². The highest BCUT2D eigenvalue weighted by Crippen LogP contribution is 2.39. The highest BCUT2D eigenvalue weighted by molar-refractivity contribution is 5.93. The van der Waals surface area contributed by atoms with E-state index < -0.39 is 0 Å². The fourth-order valence-corrected chi connectivity index (χ4v) is 5.17. The maximum Gasteiger partial charge on any atom is 0.227 e. The van der Waals surface area contributed by atoms with Crippen LogP contribution in [0.4, 0.5) is 17.1 Å². The summed E-state index contributed by atoms with van der Waals surface area (Å²) in [5, 5.41) is 0. The van der Waals surface area contributed by atoms with Crippen molar-refractivity contribution in [3.8, 4) is 33.7 Å². The maximum absolute atomic E-state index is 6.35. The van der Waals surface area contributed by atoms with Crippen molar-refractivity contribution in [2.45, 2.75) is 0 Å². The van der Waals surface area contributed by atoms with Crippen molar-refractivity contribution in [3.63, 3.8) is 0 Å². The molecule has 7 rings (SSSR count). The Morgan fingerprint density at radius 3 is 1.65 bits per heavy atom. The van der Waals surface area contributed by atoms with Crippen LogP contribution in [0.3, 0.4) is 0 Å². The van der Waals surface area contributed by atoms with Crippen LogP contribution < -0.4 is 4.90 Å². The van der Waals surface area contributed by atoms with E-state index >= 15 is 0 Å². The third-order valence-electron chi connectivity index (χ3n) is 7.08. The molecule has 6 aromatic carbocycles. The Balaban J connectivity index is 1.35. The lowest BCUT2D eigenvalue weighted by Gasteiger charge is -2.26. The van der Waals surface area contributed by atoms with Crippen LogP contribution in [0.2, 0.25) is 0 Å². The first-order valence-electron chi connectivity index (χ1n) is 13.4. The molecule has 0 N–H and O–H groups in total. The molecule has 0 aliphatic carbocycles. The molecule has 0 fully saturated rings. The van der Waals surface area contributed by atoms with Gasteiger partial charge in [-0.15, -0.1) is 0 Å². The summed E-state index contributed by atoms with van der Waals surface area (Å²) in [5.41, 5.74) is 10.3. The van der Waals surface area contributed by atoms with Crippen molar-refractivity contribution in [2.75, 3.05) is 4.90 Å². The van der Waals surface area contributed by atoms with Gasteiger partial charge >= 0.3 is 0 Å². The quantitative estimate of drug-likeness (QED) is 0.221. The highest BCUT2D eigenvalue weighted by atomic mass is 16.3. The van der Waals surface area contributed by atoms with Gasteiger partial charge in [-0.25, -0.2) is 4.98 Å². The van der Waals surface area contributed by atoms with E-state index in [1.807, 2.05) is 54.6 Å². The maximum atomic E-state index is 6.35. The summed E-state index contributed by atoms with van der Waals surface area (Å²) in [5.74, 6) is 0.628. The van der Waals surface area contributed by atoms with Gasteiger partial charge in [0, 0.05) is 28.2 Å². The predicted octanol–water partition coefficient (Wildman–Crippen LogP) is 10.3. The molecule has 0 radical (unpaired) electrons. The number of hydrogen-bond acceptors (Lipinski definition) is 3. The molecule has 1 aromatic heterocycles. The van der Waals surface area contributed by atoms with E-state index in [0.717, 1.165) is 44.9 Å². The fourth-order valence-electron chi connectivity index (χ4n) is 5.17. The number of oxazole rings is 1. The van der Waals surface area contributed by atoms with E-state index in [9.17, 15) is 0 Å². The van der Waals surface area contributed by atoms with Gasteiger partial charge in [-0.1, -0.05) is 103 Å². The number of para-hydroxylation sites is 2. The molecule has 190 valence electrons. The van der Waals surface area contributed by atoms with Crippen molar-refractivity contribution in [2.24, 2.45) is 0 Å². The fraction of sp³-hybridized carbons (Fsp3) is 0. The Kier molecular flexibility index (Phi) is 6.15. The first-order valence-corrected chi connectivity index (χ1v) is 13.4. The Morgan fingerprint density at radius 1 is 0.425 bits per heavy atom. The van der Waals surface area contributed by atoms with Crippen LogP contribution in [-0.4, -0.2) is 4.98 Å². The van der Waals surface area contributed by atoms with Gasteiger partial charge in [0.25, 0.3) is 0 Å². The second-order valence-corrected chi connectivity index (χ2v) is 9.68. The minimum absolute atomic E-state index is 0.628. The van der Waals surface area contributed by atoms with E-state index in [1.54, 1.807) is 0 Å². The molecule has 0 bridgehead atoms. The van der Waals surface area contributed by atoms with Gasteiger partial charge in [-0.3, -0.25) is 0 Å². The molecule has 0 saturated heterocycles. The van der Waals surface area contributed by atoms with Crippen molar-refractivity contribution in [1.29, 1.82) is 0 Å².